The highest BCUT2D eigenvalue weighted by Gasteiger charge is 2.48. The van der Waals surface area contributed by atoms with Crippen LogP contribution >= 0.6 is 0 Å². The van der Waals surface area contributed by atoms with Crippen molar-refractivity contribution < 1.29 is 0 Å². The van der Waals surface area contributed by atoms with Crippen LogP contribution in [0.3, 0.4) is 0 Å². The van der Waals surface area contributed by atoms with Crippen molar-refractivity contribution in [1.82, 2.24) is 0 Å². The lowest BCUT2D eigenvalue weighted by atomic mass is 9.64. The minimum atomic E-state index is 0.610. The van der Waals surface area contributed by atoms with Gasteiger partial charge in [0.05, 0.1) is 0 Å². The molecule has 5 rings (SSSR count). The predicted octanol–water partition coefficient (Wildman–Crippen LogP) is 6.57. The van der Waals surface area contributed by atoms with Crippen LogP contribution in [0.25, 0.3) is 10.8 Å². The lowest BCUT2D eigenvalue weighted by Gasteiger charge is -2.40. The Balaban J connectivity index is 1.55. The van der Waals surface area contributed by atoms with Crippen LogP contribution in [0.4, 0.5) is 0 Å². The van der Waals surface area contributed by atoms with Crippen molar-refractivity contribution in [1.29, 1.82) is 0 Å². The molecular formula is C24H28. The molecule has 124 valence electrons. The SMILES string of the molecule is CCC(C)c1ccc2cc3c(cc2c1)CC1(CC3)CC2=CCC1C2. The van der Waals surface area contributed by atoms with Crippen LogP contribution in [0.15, 0.2) is 42.0 Å². The number of benzene rings is 2. The summed E-state index contributed by atoms with van der Waals surface area (Å²) in [7, 11) is 0. The minimum Gasteiger partial charge on any atom is -0.0850 e. The lowest BCUT2D eigenvalue weighted by molar-refractivity contribution is 0.169. The molecule has 0 nitrogen and oxygen atoms in total. The van der Waals surface area contributed by atoms with Gasteiger partial charge in [0.1, 0.15) is 0 Å². The topological polar surface area (TPSA) is 0 Å². The quantitative estimate of drug-likeness (QED) is 0.550. The van der Waals surface area contributed by atoms with Crippen molar-refractivity contribution in [3.63, 3.8) is 0 Å². The first kappa shape index (κ1) is 14.8. The second-order valence-electron chi connectivity index (χ2n) is 8.75. The first-order chi connectivity index (χ1) is 11.7. The predicted molar refractivity (Wildman–Crippen MR) is 103 cm³/mol. The smallest absolute Gasteiger partial charge is 0.0178 e. The highest BCUT2D eigenvalue weighted by molar-refractivity contribution is 5.85. The highest BCUT2D eigenvalue weighted by Crippen LogP contribution is 2.58. The summed E-state index contributed by atoms with van der Waals surface area (Å²) in [6.07, 6.45) is 11.9. The number of allylic oxidation sites excluding steroid dienone is 2. The molecule has 1 fully saturated rings. The zero-order chi connectivity index (χ0) is 16.3. The molecule has 0 aliphatic heterocycles. The van der Waals surface area contributed by atoms with E-state index in [0.717, 1.165) is 5.92 Å². The summed E-state index contributed by atoms with van der Waals surface area (Å²) >= 11 is 0. The molecule has 1 spiro atoms. The Morgan fingerprint density at radius 2 is 1.96 bits per heavy atom. The average molecular weight is 316 g/mol. The van der Waals surface area contributed by atoms with Gasteiger partial charge < -0.3 is 0 Å². The molecule has 2 aromatic carbocycles. The maximum atomic E-state index is 2.54. The molecule has 0 N–H and O–H groups in total. The number of aryl methyl sites for hydroxylation is 1. The third kappa shape index (κ3) is 2.11. The van der Waals surface area contributed by atoms with Crippen LogP contribution in [0, 0.1) is 11.3 Å². The highest BCUT2D eigenvalue weighted by atomic mass is 14.5. The lowest BCUT2D eigenvalue weighted by Crippen LogP contribution is -2.33. The van der Waals surface area contributed by atoms with Crippen molar-refractivity contribution in [2.75, 3.05) is 0 Å². The third-order valence-electron chi connectivity index (χ3n) is 7.44. The van der Waals surface area contributed by atoms with E-state index in [1.807, 2.05) is 0 Å². The fourth-order valence-corrected chi connectivity index (χ4v) is 5.70. The molecule has 0 amide bonds. The summed E-state index contributed by atoms with van der Waals surface area (Å²) < 4.78 is 0. The summed E-state index contributed by atoms with van der Waals surface area (Å²) in [6.45, 7) is 4.63. The van der Waals surface area contributed by atoms with Crippen molar-refractivity contribution in [3.05, 3.63) is 58.7 Å². The van der Waals surface area contributed by atoms with Gasteiger partial charge in [-0.15, -0.1) is 0 Å². The van der Waals surface area contributed by atoms with E-state index in [1.165, 1.54) is 61.3 Å². The van der Waals surface area contributed by atoms with Gasteiger partial charge in [-0.3, -0.25) is 0 Å². The van der Waals surface area contributed by atoms with E-state index in [9.17, 15) is 0 Å². The molecule has 2 aromatic rings. The second kappa shape index (κ2) is 5.22. The first-order valence-electron chi connectivity index (χ1n) is 9.90. The van der Waals surface area contributed by atoms with Gasteiger partial charge in [-0.2, -0.15) is 0 Å². The van der Waals surface area contributed by atoms with Gasteiger partial charge in [0.25, 0.3) is 0 Å². The van der Waals surface area contributed by atoms with Crippen LogP contribution in [0.5, 0.6) is 0 Å². The van der Waals surface area contributed by atoms with Gasteiger partial charge in [-0.1, -0.05) is 55.8 Å². The van der Waals surface area contributed by atoms with Gasteiger partial charge in [0.2, 0.25) is 0 Å². The molecule has 0 saturated heterocycles. The van der Waals surface area contributed by atoms with Gasteiger partial charge in [0.15, 0.2) is 0 Å². The van der Waals surface area contributed by atoms with Gasteiger partial charge in [-0.25, -0.2) is 0 Å². The number of hydrogen-bond acceptors (Lipinski definition) is 0. The standard InChI is InChI=1S/C24H28/c1-3-16(2)18-5-6-19-12-20-8-9-24(14-17-4-7-23(24)10-17)15-22(20)13-21(19)11-18/h4-6,11-13,16,23H,3,7-10,14-15H2,1-2H3. The Morgan fingerprint density at radius 3 is 2.71 bits per heavy atom. The minimum absolute atomic E-state index is 0.610. The van der Waals surface area contributed by atoms with E-state index >= 15 is 0 Å². The second-order valence-corrected chi connectivity index (χ2v) is 8.75. The van der Waals surface area contributed by atoms with Crippen LogP contribution in [0.2, 0.25) is 0 Å². The maximum Gasteiger partial charge on any atom is -0.0178 e. The molecule has 24 heavy (non-hydrogen) atoms. The van der Waals surface area contributed by atoms with Crippen molar-refractivity contribution in [2.45, 2.75) is 64.7 Å². The van der Waals surface area contributed by atoms with Crippen LogP contribution in [-0.2, 0) is 12.8 Å². The summed E-state index contributed by atoms with van der Waals surface area (Å²) in [5.74, 6) is 1.61. The van der Waals surface area contributed by atoms with E-state index in [2.05, 4.69) is 50.3 Å². The van der Waals surface area contributed by atoms with Crippen molar-refractivity contribution >= 4 is 10.8 Å². The van der Waals surface area contributed by atoms with E-state index in [1.54, 1.807) is 16.7 Å². The number of fused-ring (bicyclic) bond motifs is 5. The van der Waals surface area contributed by atoms with Crippen LogP contribution in [-0.4, -0.2) is 0 Å². The number of hydrogen-bond donors (Lipinski definition) is 0. The number of rotatable bonds is 2. The van der Waals surface area contributed by atoms with Crippen molar-refractivity contribution in [3.8, 4) is 0 Å². The molecule has 3 atom stereocenters. The van der Waals surface area contributed by atoms with Crippen LogP contribution < -0.4 is 0 Å². The first-order valence-corrected chi connectivity index (χ1v) is 9.90. The zero-order valence-electron chi connectivity index (χ0n) is 15.1. The van der Waals surface area contributed by atoms with Gasteiger partial charge in [-0.05, 0) is 89.7 Å². The van der Waals surface area contributed by atoms with E-state index < -0.39 is 0 Å². The molecule has 0 heterocycles. The fourth-order valence-electron chi connectivity index (χ4n) is 5.70. The average Bonchev–Trinajstić information content (AvgIpc) is 3.20. The molecule has 2 bridgehead atoms. The van der Waals surface area contributed by atoms with E-state index in [-0.39, 0.29) is 0 Å². The van der Waals surface area contributed by atoms with Crippen LogP contribution in [0.1, 0.15) is 68.6 Å². The zero-order valence-corrected chi connectivity index (χ0v) is 15.1. The monoisotopic (exact) mass is 316 g/mol. The summed E-state index contributed by atoms with van der Waals surface area (Å²) in [4.78, 5) is 0. The van der Waals surface area contributed by atoms with Gasteiger partial charge in [0, 0.05) is 0 Å². The van der Waals surface area contributed by atoms with Gasteiger partial charge >= 0.3 is 0 Å². The molecule has 3 unspecified atom stereocenters. The molecular weight excluding hydrogens is 288 g/mol. The normalized spacial score (nSPS) is 29.1. The molecule has 1 saturated carbocycles. The Morgan fingerprint density at radius 1 is 1.08 bits per heavy atom. The largest absolute Gasteiger partial charge is 0.0850 e. The molecule has 3 aliphatic rings. The Labute approximate surface area is 146 Å². The summed E-state index contributed by atoms with van der Waals surface area (Å²) in [5.41, 5.74) is 7.16. The molecule has 3 aliphatic carbocycles. The third-order valence-corrected chi connectivity index (χ3v) is 7.44. The fraction of sp³-hybridized carbons (Fsp3) is 0.500. The van der Waals surface area contributed by atoms with Crippen molar-refractivity contribution in [2.24, 2.45) is 11.3 Å². The summed E-state index contributed by atoms with van der Waals surface area (Å²) in [5, 5.41) is 2.90. The molecule has 0 radical (unpaired) electrons. The van der Waals surface area contributed by atoms with E-state index in [4.69, 9.17) is 0 Å². The summed E-state index contributed by atoms with van der Waals surface area (Å²) in [6, 6.07) is 12.2. The molecule has 0 aromatic heterocycles. The Hall–Kier alpha value is -1.56. The van der Waals surface area contributed by atoms with E-state index in [0.29, 0.717) is 11.3 Å². The Bertz CT molecular complexity index is 840. The Kier molecular flexibility index (Phi) is 3.21. The maximum absolute atomic E-state index is 2.54. The molecule has 0 heteroatoms.